The lowest BCUT2D eigenvalue weighted by atomic mass is 9.93. The molecule has 1 saturated carbocycles. The third-order valence-electron chi connectivity index (χ3n) is 4.87. The molecule has 2 N–H and O–H groups in total. The number of nitrogens with zero attached hydrogens (tertiary/aromatic N) is 2. The van der Waals surface area contributed by atoms with E-state index in [4.69, 9.17) is 9.88 Å². The van der Waals surface area contributed by atoms with Gasteiger partial charge in [0, 0.05) is 13.1 Å². The second-order valence-electron chi connectivity index (χ2n) is 7.53. The summed E-state index contributed by atoms with van der Waals surface area (Å²) in [4.78, 5) is 12.4. The highest BCUT2D eigenvalue weighted by molar-refractivity contribution is 7.89. The lowest BCUT2D eigenvalue weighted by Gasteiger charge is -2.49. The van der Waals surface area contributed by atoms with Gasteiger partial charge in [-0.2, -0.15) is 0 Å². The molecule has 9 heteroatoms. The van der Waals surface area contributed by atoms with E-state index in [0.717, 1.165) is 25.7 Å². The van der Waals surface area contributed by atoms with Gasteiger partial charge in [0.15, 0.2) is 4.90 Å². The number of nitro groups is 1. The fraction of sp³-hybridized carbons (Fsp3) is 0.625. The molecule has 8 nitrogen and oxygen atoms in total. The van der Waals surface area contributed by atoms with Crippen LogP contribution in [0.3, 0.4) is 0 Å². The highest BCUT2D eigenvalue weighted by Gasteiger charge is 2.47. The van der Waals surface area contributed by atoms with E-state index in [9.17, 15) is 18.5 Å². The molecule has 1 aromatic rings. The van der Waals surface area contributed by atoms with Crippen LogP contribution in [0.25, 0.3) is 0 Å². The van der Waals surface area contributed by atoms with Gasteiger partial charge in [-0.25, -0.2) is 13.6 Å². The van der Waals surface area contributed by atoms with Gasteiger partial charge in [-0.1, -0.05) is 18.9 Å². The molecule has 0 radical (unpaired) electrons. The Morgan fingerprint density at radius 3 is 2.44 bits per heavy atom. The zero-order valence-electron chi connectivity index (χ0n) is 14.4. The maximum atomic E-state index is 11.8. The van der Waals surface area contributed by atoms with Crippen LogP contribution in [0.1, 0.15) is 39.5 Å². The van der Waals surface area contributed by atoms with Crippen molar-refractivity contribution in [3.63, 3.8) is 0 Å². The van der Waals surface area contributed by atoms with Crippen molar-refractivity contribution in [1.29, 1.82) is 0 Å². The average Bonchev–Trinajstić information content (AvgIpc) is 2.90. The molecule has 1 aliphatic heterocycles. The molecule has 0 bridgehead atoms. The lowest BCUT2D eigenvalue weighted by Crippen LogP contribution is -2.59. The normalized spacial score (nSPS) is 22.3. The van der Waals surface area contributed by atoms with Crippen molar-refractivity contribution in [3.05, 3.63) is 28.3 Å². The van der Waals surface area contributed by atoms with Crippen molar-refractivity contribution >= 4 is 21.4 Å². The first-order valence-electron chi connectivity index (χ1n) is 8.28. The van der Waals surface area contributed by atoms with Crippen molar-refractivity contribution in [3.8, 4) is 0 Å². The van der Waals surface area contributed by atoms with E-state index in [0.29, 0.717) is 13.1 Å². The summed E-state index contributed by atoms with van der Waals surface area (Å²) in [6.45, 7) is 4.85. The minimum absolute atomic E-state index is 0.277. The molecule has 2 aliphatic rings. The molecule has 1 aliphatic carbocycles. The summed E-state index contributed by atoms with van der Waals surface area (Å²) in [5.74, 6) is 0. The largest absolute Gasteiger partial charge is 0.365 e. The number of hydrogen-bond acceptors (Lipinski definition) is 6. The highest BCUT2D eigenvalue weighted by atomic mass is 32.2. The highest BCUT2D eigenvalue weighted by Crippen LogP contribution is 2.44. The van der Waals surface area contributed by atoms with Gasteiger partial charge in [0.1, 0.15) is 5.69 Å². The van der Waals surface area contributed by atoms with Gasteiger partial charge in [0.25, 0.3) is 0 Å². The van der Waals surface area contributed by atoms with E-state index in [1.54, 1.807) is 6.07 Å². The molecule has 138 valence electrons. The maximum absolute atomic E-state index is 11.8. The number of hydrogen-bond donors (Lipinski definition) is 1. The number of rotatable bonds is 3. The Morgan fingerprint density at radius 1 is 1.24 bits per heavy atom. The van der Waals surface area contributed by atoms with Crippen LogP contribution in [-0.4, -0.2) is 37.6 Å². The lowest BCUT2D eigenvalue weighted by molar-refractivity contribution is -0.387. The maximum Gasteiger partial charge on any atom is 0.312 e. The van der Waals surface area contributed by atoms with Crippen molar-refractivity contribution in [2.24, 2.45) is 5.14 Å². The Bertz CT molecular complexity index is 800. The number of morpholine rings is 1. The van der Waals surface area contributed by atoms with Crippen molar-refractivity contribution in [1.82, 2.24) is 0 Å². The molecule has 0 unspecified atom stereocenters. The predicted octanol–water partition coefficient (Wildman–Crippen LogP) is 2.17. The smallest absolute Gasteiger partial charge is 0.312 e. The summed E-state index contributed by atoms with van der Waals surface area (Å²) in [5, 5.41) is 16.8. The van der Waals surface area contributed by atoms with Gasteiger partial charge in [-0.05, 0) is 38.8 Å². The van der Waals surface area contributed by atoms with Crippen LogP contribution < -0.4 is 10.0 Å². The molecule has 0 aromatic heterocycles. The van der Waals surface area contributed by atoms with Crippen LogP contribution in [0.15, 0.2) is 23.1 Å². The van der Waals surface area contributed by atoms with E-state index in [1.165, 1.54) is 12.1 Å². The molecule has 1 spiro atoms. The van der Waals surface area contributed by atoms with Gasteiger partial charge in [-0.3, -0.25) is 10.1 Å². The van der Waals surface area contributed by atoms with Gasteiger partial charge in [-0.15, -0.1) is 0 Å². The number of nitrogens with two attached hydrogens (primary N) is 1. The van der Waals surface area contributed by atoms with Crippen molar-refractivity contribution < 1.29 is 18.1 Å². The Labute approximate surface area is 147 Å². The third kappa shape index (κ3) is 3.49. The summed E-state index contributed by atoms with van der Waals surface area (Å²) in [5.41, 5.74) is -1.02. The minimum Gasteiger partial charge on any atom is -0.365 e. The second-order valence-corrected chi connectivity index (χ2v) is 9.06. The Balaban J connectivity index is 2.10. The number of sulfonamides is 1. The molecule has 0 amide bonds. The Hall–Kier alpha value is -1.71. The van der Waals surface area contributed by atoms with Crippen LogP contribution in [0.5, 0.6) is 0 Å². The van der Waals surface area contributed by atoms with Gasteiger partial charge in [0.2, 0.25) is 10.0 Å². The molecular weight excluding hydrogens is 346 g/mol. The third-order valence-corrected chi connectivity index (χ3v) is 5.81. The van der Waals surface area contributed by atoms with E-state index < -0.39 is 31.1 Å². The summed E-state index contributed by atoms with van der Waals surface area (Å²) in [7, 11) is -4.20. The SMILES string of the molecule is CC1(C)CN(c2cccc(S(N)(=O)=O)c2[N+](=O)[O-])CC2(CCCC2)O1. The minimum atomic E-state index is -4.20. The molecule has 0 atom stereocenters. The fourth-order valence-corrected chi connectivity index (χ4v) is 4.86. The molecule has 1 aromatic carbocycles. The molecule has 1 saturated heterocycles. The standard InChI is InChI=1S/C16H23N3O5S/c1-15(2)10-18(11-16(24-15)8-3-4-9-16)12-6-5-7-13(25(17,22)23)14(12)19(20)21/h5-7H,3-4,8-11H2,1-2H3,(H2,17,22,23). The van der Waals surface area contributed by atoms with E-state index >= 15 is 0 Å². The second kappa shape index (κ2) is 5.93. The fourth-order valence-electron chi connectivity index (χ4n) is 4.14. The zero-order valence-corrected chi connectivity index (χ0v) is 15.2. The van der Waals surface area contributed by atoms with Crippen LogP contribution in [0.4, 0.5) is 11.4 Å². The molecule has 25 heavy (non-hydrogen) atoms. The Kier molecular flexibility index (Phi) is 4.29. The monoisotopic (exact) mass is 369 g/mol. The first-order chi connectivity index (χ1) is 11.5. The number of anilines is 1. The summed E-state index contributed by atoms with van der Waals surface area (Å²) in [6.07, 6.45) is 3.91. The number of ether oxygens (including phenoxy) is 1. The molecule has 3 rings (SSSR count). The average molecular weight is 369 g/mol. The van der Waals surface area contributed by atoms with Crippen molar-refractivity contribution in [2.45, 2.75) is 55.6 Å². The van der Waals surface area contributed by atoms with Crippen LogP contribution >= 0.6 is 0 Å². The molecule has 1 heterocycles. The molecular formula is C16H23N3O5S. The van der Waals surface area contributed by atoms with Gasteiger partial charge in [0.05, 0.1) is 16.1 Å². The Morgan fingerprint density at radius 2 is 1.88 bits per heavy atom. The first kappa shape index (κ1) is 18.1. The number of para-hydroxylation sites is 1. The molecule has 2 fully saturated rings. The van der Waals surface area contributed by atoms with Crippen LogP contribution in [0, 0.1) is 10.1 Å². The zero-order chi connectivity index (χ0) is 18.5. The van der Waals surface area contributed by atoms with E-state index in [1.807, 2.05) is 18.7 Å². The topological polar surface area (TPSA) is 116 Å². The predicted molar refractivity (Wildman–Crippen MR) is 93.0 cm³/mol. The van der Waals surface area contributed by atoms with Crippen molar-refractivity contribution in [2.75, 3.05) is 18.0 Å². The van der Waals surface area contributed by atoms with E-state index in [2.05, 4.69) is 0 Å². The number of primary sulfonamides is 1. The number of benzene rings is 1. The first-order valence-corrected chi connectivity index (χ1v) is 9.83. The van der Waals surface area contributed by atoms with E-state index in [-0.39, 0.29) is 11.3 Å². The van der Waals surface area contributed by atoms with Gasteiger partial charge >= 0.3 is 5.69 Å². The van der Waals surface area contributed by atoms with Gasteiger partial charge < -0.3 is 9.64 Å². The van der Waals surface area contributed by atoms with Crippen LogP contribution in [0.2, 0.25) is 0 Å². The van der Waals surface area contributed by atoms with Crippen LogP contribution in [-0.2, 0) is 14.8 Å². The summed E-state index contributed by atoms with van der Waals surface area (Å²) < 4.78 is 29.9. The summed E-state index contributed by atoms with van der Waals surface area (Å²) >= 11 is 0. The quantitative estimate of drug-likeness (QED) is 0.645. The number of nitro benzene ring substituents is 1. The summed E-state index contributed by atoms with van der Waals surface area (Å²) in [6, 6.07) is 4.25.